The number of anilines is 2. The predicted molar refractivity (Wildman–Crippen MR) is 74.1 cm³/mol. The molecular formula is C13H17N5O. The molecule has 0 fully saturated rings. The number of aromatic nitrogens is 3. The quantitative estimate of drug-likeness (QED) is 0.899. The van der Waals surface area contributed by atoms with Crippen molar-refractivity contribution in [2.75, 3.05) is 24.7 Å². The van der Waals surface area contributed by atoms with Gasteiger partial charge < -0.3 is 15.4 Å². The molecule has 0 radical (unpaired) electrons. The van der Waals surface area contributed by atoms with Gasteiger partial charge in [-0.2, -0.15) is 15.0 Å². The first kappa shape index (κ1) is 13.1. The highest BCUT2D eigenvalue weighted by atomic mass is 16.5. The van der Waals surface area contributed by atoms with Gasteiger partial charge in [0.05, 0.1) is 0 Å². The van der Waals surface area contributed by atoms with Crippen LogP contribution in [0.25, 0.3) is 0 Å². The molecule has 0 saturated heterocycles. The highest BCUT2D eigenvalue weighted by Crippen LogP contribution is 2.20. The van der Waals surface area contributed by atoms with Gasteiger partial charge in [0.1, 0.15) is 6.10 Å². The Bertz CT molecular complexity index is 544. The zero-order chi connectivity index (χ0) is 13.8. The molecule has 1 unspecified atom stereocenters. The molecule has 0 spiro atoms. The van der Waals surface area contributed by atoms with Gasteiger partial charge in [-0.1, -0.05) is 30.3 Å². The molecule has 1 heterocycles. The van der Waals surface area contributed by atoms with Gasteiger partial charge in [-0.25, -0.2) is 0 Å². The Kier molecular flexibility index (Phi) is 3.79. The van der Waals surface area contributed by atoms with Crippen molar-refractivity contribution in [1.29, 1.82) is 0 Å². The normalized spacial score (nSPS) is 11.9. The van der Waals surface area contributed by atoms with Crippen molar-refractivity contribution < 1.29 is 4.74 Å². The van der Waals surface area contributed by atoms with Gasteiger partial charge in [0.2, 0.25) is 11.9 Å². The maximum Gasteiger partial charge on any atom is 0.323 e. The summed E-state index contributed by atoms with van der Waals surface area (Å²) < 4.78 is 5.70. The monoisotopic (exact) mass is 259 g/mol. The molecule has 6 nitrogen and oxygen atoms in total. The van der Waals surface area contributed by atoms with Gasteiger partial charge in [0, 0.05) is 14.1 Å². The van der Waals surface area contributed by atoms with Crippen LogP contribution in [-0.4, -0.2) is 29.0 Å². The largest absolute Gasteiger partial charge is 0.455 e. The minimum Gasteiger partial charge on any atom is -0.455 e. The number of nitrogen functional groups attached to an aromatic ring is 1. The first-order chi connectivity index (χ1) is 9.06. The Labute approximate surface area is 112 Å². The van der Waals surface area contributed by atoms with Crippen molar-refractivity contribution in [3.8, 4) is 6.01 Å². The molecule has 2 rings (SSSR count). The van der Waals surface area contributed by atoms with E-state index in [0.717, 1.165) is 5.56 Å². The third kappa shape index (κ3) is 3.31. The fraction of sp³-hybridized carbons (Fsp3) is 0.308. The highest BCUT2D eigenvalue weighted by Gasteiger charge is 2.12. The smallest absolute Gasteiger partial charge is 0.323 e. The van der Waals surface area contributed by atoms with E-state index in [9.17, 15) is 0 Å². The lowest BCUT2D eigenvalue weighted by Gasteiger charge is -2.15. The van der Waals surface area contributed by atoms with Gasteiger partial charge in [-0.15, -0.1) is 0 Å². The zero-order valence-electron chi connectivity index (χ0n) is 11.2. The number of rotatable bonds is 4. The van der Waals surface area contributed by atoms with Crippen LogP contribution < -0.4 is 15.4 Å². The Morgan fingerprint density at radius 1 is 1.11 bits per heavy atom. The molecule has 100 valence electrons. The van der Waals surface area contributed by atoms with Crippen LogP contribution in [0.2, 0.25) is 0 Å². The molecule has 0 bridgehead atoms. The lowest BCUT2D eigenvalue weighted by Crippen LogP contribution is -2.16. The second-order valence-electron chi connectivity index (χ2n) is 4.34. The van der Waals surface area contributed by atoms with E-state index < -0.39 is 0 Å². The number of ether oxygens (including phenoxy) is 1. The summed E-state index contributed by atoms with van der Waals surface area (Å²) in [6.07, 6.45) is -0.155. The van der Waals surface area contributed by atoms with E-state index in [-0.39, 0.29) is 18.1 Å². The lowest BCUT2D eigenvalue weighted by molar-refractivity contribution is 0.207. The summed E-state index contributed by atoms with van der Waals surface area (Å²) in [6, 6.07) is 10.1. The summed E-state index contributed by atoms with van der Waals surface area (Å²) in [5, 5.41) is 0. The van der Waals surface area contributed by atoms with E-state index in [0.29, 0.717) is 5.95 Å². The van der Waals surface area contributed by atoms with Crippen molar-refractivity contribution in [2.45, 2.75) is 13.0 Å². The van der Waals surface area contributed by atoms with Crippen molar-refractivity contribution in [2.24, 2.45) is 0 Å². The molecule has 2 aromatic rings. The summed E-state index contributed by atoms with van der Waals surface area (Å²) in [6.45, 7) is 1.94. The van der Waals surface area contributed by atoms with Crippen LogP contribution in [0.1, 0.15) is 18.6 Å². The molecular weight excluding hydrogens is 242 g/mol. The van der Waals surface area contributed by atoms with E-state index in [4.69, 9.17) is 10.5 Å². The predicted octanol–water partition coefficient (Wildman–Crippen LogP) is 1.66. The number of benzene rings is 1. The molecule has 1 aromatic carbocycles. The molecule has 19 heavy (non-hydrogen) atoms. The molecule has 2 N–H and O–H groups in total. The summed E-state index contributed by atoms with van der Waals surface area (Å²) in [4.78, 5) is 14.0. The molecule has 0 aliphatic rings. The van der Waals surface area contributed by atoms with Crippen molar-refractivity contribution in [3.05, 3.63) is 35.9 Å². The van der Waals surface area contributed by atoms with E-state index in [1.165, 1.54) is 0 Å². The van der Waals surface area contributed by atoms with Crippen LogP contribution in [0.15, 0.2) is 30.3 Å². The Balaban J connectivity index is 2.19. The third-order valence-electron chi connectivity index (χ3n) is 2.57. The summed E-state index contributed by atoms with van der Waals surface area (Å²) in [5.41, 5.74) is 6.69. The van der Waals surface area contributed by atoms with Gasteiger partial charge in [0.15, 0.2) is 0 Å². The second-order valence-corrected chi connectivity index (χ2v) is 4.34. The van der Waals surface area contributed by atoms with E-state index >= 15 is 0 Å². The number of nitrogens with zero attached hydrogens (tertiary/aromatic N) is 4. The number of nitrogens with two attached hydrogens (primary N) is 1. The fourth-order valence-electron chi connectivity index (χ4n) is 1.56. The number of hydrogen-bond donors (Lipinski definition) is 1. The fourth-order valence-corrected chi connectivity index (χ4v) is 1.56. The molecule has 0 aliphatic heterocycles. The third-order valence-corrected chi connectivity index (χ3v) is 2.57. The summed E-state index contributed by atoms with van der Waals surface area (Å²) in [7, 11) is 3.67. The summed E-state index contributed by atoms with van der Waals surface area (Å²) >= 11 is 0. The van der Waals surface area contributed by atoms with Crippen LogP contribution in [0.4, 0.5) is 11.9 Å². The molecule has 0 saturated carbocycles. The van der Waals surface area contributed by atoms with E-state index in [2.05, 4.69) is 15.0 Å². The maximum atomic E-state index is 5.70. The van der Waals surface area contributed by atoms with Crippen LogP contribution >= 0.6 is 0 Å². The number of hydrogen-bond acceptors (Lipinski definition) is 6. The van der Waals surface area contributed by atoms with Gasteiger partial charge >= 0.3 is 6.01 Å². The second kappa shape index (κ2) is 5.51. The van der Waals surface area contributed by atoms with Gasteiger partial charge in [0.25, 0.3) is 0 Å². The molecule has 1 atom stereocenters. The molecule has 0 amide bonds. The summed E-state index contributed by atoms with van der Waals surface area (Å²) in [5.74, 6) is 0.622. The molecule has 6 heteroatoms. The minimum atomic E-state index is -0.155. The molecule has 1 aromatic heterocycles. The standard InChI is InChI=1S/C13H17N5O/c1-9(10-7-5-4-6-8-10)19-13-16-11(14)15-12(17-13)18(2)3/h4-9H,1-3H3,(H2,14,15,16,17). The van der Waals surface area contributed by atoms with Crippen LogP contribution in [0, 0.1) is 0 Å². The maximum absolute atomic E-state index is 5.70. The van der Waals surface area contributed by atoms with Crippen molar-refractivity contribution in [1.82, 2.24) is 15.0 Å². The van der Waals surface area contributed by atoms with E-state index in [1.54, 1.807) is 4.90 Å². The van der Waals surface area contributed by atoms with Crippen molar-refractivity contribution >= 4 is 11.9 Å². The zero-order valence-corrected chi connectivity index (χ0v) is 11.2. The lowest BCUT2D eigenvalue weighted by atomic mass is 10.1. The average molecular weight is 259 g/mol. The van der Waals surface area contributed by atoms with Crippen molar-refractivity contribution in [3.63, 3.8) is 0 Å². The Morgan fingerprint density at radius 3 is 2.42 bits per heavy atom. The SMILES string of the molecule is CC(Oc1nc(N)nc(N(C)C)n1)c1ccccc1. The van der Waals surface area contributed by atoms with Gasteiger partial charge in [-0.3, -0.25) is 0 Å². The van der Waals surface area contributed by atoms with Crippen LogP contribution in [0.3, 0.4) is 0 Å². The van der Waals surface area contributed by atoms with E-state index in [1.807, 2.05) is 51.4 Å². The topological polar surface area (TPSA) is 77.2 Å². The Hall–Kier alpha value is -2.37. The van der Waals surface area contributed by atoms with Crippen LogP contribution in [0.5, 0.6) is 6.01 Å². The Morgan fingerprint density at radius 2 is 1.79 bits per heavy atom. The van der Waals surface area contributed by atoms with Gasteiger partial charge in [-0.05, 0) is 12.5 Å². The minimum absolute atomic E-state index is 0.147. The first-order valence-electron chi connectivity index (χ1n) is 5.96. The first-order valence-corrected chi connectivity index (χ1v) is 5.96. The highest BCUT2D eigenvalue weighted by molar-refractivity contribution is 5.34. The average Bonchev–Trinajstić information content (AvgIpc) is 2.39. The molecule has 0 aliphatic carbocycles. The van der Waals surface area contributed by atoms with Crippen LogP contribution in [-0.2, 0) is 0 Å².